The van der Waals surface area contributed by atoms with Gasteiger partial charge in [0.1, 0.15) is 29.0 Å². The summed E-state index contributed by atoms with van der Waals surface area (Å²) in [6, 6.07) is 10.3. The number of aromatic nitrogens is 3. The molecule has 0 aliphatic carbocycles. The van der Waals surface area contributed by atoms with Gasteiger partial charge in [-0.3, -0.25) is 9.88 Å². The number of piperazine rings is 1. The van der Waals surface area contributed by atoms with Crippen molar-refractivity contribution < 1.29 is 17.9 Å². The first-order valence-corrected chi connectivity index (χ1v) is 15.7. The first kappa shape index (κ1) is 28.0. The van der Waals surface area contributed by atoms with Crippen LogP contribution in [-0.4, -0.2) is 84.0 Å². The quantitative estimate of drug-likeness (QED) is 0.319. The summed E-state index contributed by atoms with van der Waals surface area (Å²) in [5.41, 5.74) is 1.60. The van der Waals surface area contributed by atoms with Crippen molar-refractivity contribution in [2.24, 2.45) is 0 Å². The summed E-state index contributed by atoms with van der Waals surface area (Å²) in [6.07, 6.45) is 6.65. The number of nitrogens with zero attached hydrogens (tertiary/aromatic N) is 5. The van der Waals surface area contributed by atoms with E-state index in [9.17, 15) is 4.39 Å². The van der Waals surface area contributed by atoms with Crippen molar-refractivity contribution in [3.8, 4) is 17.3 Å². The first-order chi connectivity index (χ1) is 21.4. The normalized spacial score (nSPS) is 27.5. The van der Waals surface area contributed by atoms with Gasteiger partial charge in [0.05, 0.1) is 12.5 Å². The predicted molar refractivity (Wildman–Crippen MR) is 164 cm³/mol. The molecule has 2 bridgehead atoms. The van der Waals surface area contributed by atoms with Crippen molar-refractivity contribution in [1.29, 1.82) is 0 Å². The Hall–Kier alpha value is -3.54. The van der Waals surface area contributed by atoms with E-state index in [1.54, 1.807) is 12.3 Å². The Morgan fingerprint density at radius 3 is 2.59 bits per heavy atom. The Morgan fingerprint density at radius 1 is 1.02 bits per heavy atom. The van der Waals surface area contributed by atoms with E-state index in [0.717, 1.165) is 51.0 Å². The molecule has 0 amide bonds. The highest BCUT2D eigenvalue weighted by molar-refractivity contribution is 6.00. The second-order valence-electron chi connectivity index (χ2n) is 12.8. The van der Waals surface area contributed by atoms with Gasteiger partial charge in [-0.15, -0.1) is 0 Å². The number of fused-ring (bicyclic) bond motifs is 5. The van der Waals surface area contributed by atoms with E-state index in [1.165, 1.54) is 26.0 Å². The van der Waals surface area contributed by atoms with Crippen LogP contribution in [0.4, 0.5) is 19.0 Å². The van der Waals surface area contributed by atoms with Crippen molar-refractivity contribution in [2.45, 2.75) is 62.4 Å². The van der Waals surface area contributed by atoms with Gasteiger partial charge in [-0.1, -0.05) is 12.1 Å². The summed E-state index contributed by atoms with van der Waals surface area (Å²) in [4.78, 5) is 17.9. The lowest BCUT2D eigenvalue weighted by Gasteiger charge is -2.34. The number of nitrogens with one attached hydrogen (secondary N) is 2. The molecular weight excluding hydrogens is 567 g/mol. The van der Waals surface area contributed by atoms with Crippen LogP contribution in [0.1, 0.15) is 43.7 Å². The second kappa shape index (κ2) is 11.1. The van der Waals surface area contributed by atoms with Gasteiger partial charge in [0, 0.05) is 67.5 Å². The van der Waals surface area contributed by atoms with Crippen LogP contribution in [0.5, 0.6) is 6.01 Å². The Morgan fingerprint density at radius 2 is 1.84 bits per heavy atom. The first-order valence-electron chi connectivity index (χ1n) is 15.7. The number of alkyl halides is 1. The summed E-state index contributed by atoms with van der Waals surface area (Å²) >= 11 is 0. The van der Waals surface area contributed by atoms with Gasteiger partial charge in [-0.25, -0.2) is 13.2 Å². The molecule has 7 heterocycles. The van der Waals surface area contributed by atoms with Crippen LogP contribution in [0.15, 0.2) is 36.5 Å². The minimum Gasteiger partial charge on any atom is -0.467 e. The number of ether oxygens (including phenoxy) is 1. The van der Waals surface area contributed by atoms with E-state index < -0.39 is 17.8 Å². The fourth-order valence-electron chi connectivity index (χ4n) is 7.63. The molecule has 5 aliphatic heterocycles. The summed E-state index contributed by atoms with van der Waals surface area (Å²) in [6.45, 7) is 4.26. The average molecular weight is 604 g/mol. The van der Waals surface area contributed by atoms with E-state index in [-0.39, 0.29) is 23.3 Å². The zero-order valence-corrected chi connectivity index (χ0v) is 24.7. The van der Waals surface area contributed by atoms with E-state index in [1.807, 2.05) is 18.2 Å². The number of anilines is 1. The molecule has 11 heteroatoms. The van der Waals surface area contributed by atoms with Gasteiger partial charge in [0.25, 0.3) is 0 Å². The average Bonchev–Trinajstić information content (AvgIpc) is 3.58. The van der Waals surface area contributed by atoms with Gasteiger partial charge in [-0.05, 0) is 67.8 Å². The maximum atomic E-state index is 16.2. The molecule has 5 aliphatic rings. The molecule has 2 aromatic carbocycles. The molecule has 8 nitrogen and oxygen atoms in total. The molecule has 4 aromatic rings. The number of halogens is 3. The van der Waals surface area contributed by atoms with Crippen LogP contribution < -0.4 is 20.3 Å². The smallest absolute Gasteiger partial charge is 0.318 e. The molecule has 5 unspecified atom stereocenters. The Bertz CT molecular complexity index is 1710. The van der Waals surface area contributed by atoms with Crippen LogP contribution in [0, 0.1) is 11.6 Å². The monoisotopic (exact) mass is 603 g/mol. The summed E-state index contributed by atoms with van der Waals surface area (Å²) < 4.78 is 49.2. The molecule has 2 aromatic heterocycles. The van der Waals surface area contributed by atoms with E-state index >= 15 is 8.78 Å². The standard InChI is InChI=1S/C26H24F2N6O.C7H12FN/c1-35-26-32-24-18(25(33-26)34-11-15-5-6-16(12-34)31-15)9-30-23(22(24)28)17-8-14(20-10-29-20)7-13-3-2-4-19(27)21(13)17;8-6-4-7-2-1-3-9(7)5-6/h2-4,7-9,15-16,20,29,31H,5-6,10-12H2,1H3;6-7H,1-5H2. The topological polar surface area (TPSA) is 88.3 Å². The molecular formula is C33H36F3N7O. The molecule has 44 heavy (non-hydrogen) atoms. The maximum absolute atomic E-state index is 16.2. The molecule has 2 N–H and O–H groups in total. The van der Waals surface area contributed by atoms with Crippen molar-refractivity contribution in [1.82, 2.24) is 30.5 Å². The molecule has 230 valence electrons. The second-order valence-corrected chi connectivity index (χ2v) is 12.8. The fourth-order valence-corrected chi connectivity index (χ4v) is 7.63. The summed E-state index contributed by atoms with van der Waals surface area (Å²) in [7, 11) is 1.47. The summed E-state index contributed by atoms with van der Waals surface area (Å²) in [5, 5.41) is 8.46. The molecule has 5 saturated heterocycles. The zero-order chi connectivity index (χ0) is 29.9. The minimum absolute atomic E-state index is 0.0715. The zero-order valence-electron chi connectivity index (χ0n) is 24.7. The van der Waals surface area contributed by atoms with E-state index in [2.05, 4.69) is 35.4 Å². The van der Waals surface area contributed by atoms with Crippen molar-refractivity contribution in [3.05, 3.63) is 53.7 Å². The van der Waals surface area contributed by atoms with E-state index in [4.69, 9.17) is 4.74 Å². The number of pyridine rings is 1. The lowest BCUT2D eigenvalue weighted by Crippen LogP contribution is -2.51. The largest absolute Gasteiger partial charge is 0.467 e. The highest BCUT2D eigenvalue weighted by atomic mass is 19.1. The SMILES string of the molecule is COc1nc(N2CC3CCC(C2)N3)c2cnc(-c3cc(C4CN4)cc4cccc(F)c34)c(F)c2n1.FC1CC2CCCN2C1. The van der Waals surface area contributed by atoms with Crippen molar-refractivity contribution in [3.63, 3.8) is 0 Å². The van der Waals surface area contributed by atoms with E-state index in [0.29, 0.717) is 52.2 Å². The van der Waals surface area contributed by atoms with Crippen LogP contribution in [0.3, 0.4) is 0 Å². The van der Waals surface area contributed by atoms with Crippen LogP contribution in [0.2, 0.25) is 0 Å². The lowest BCUT2D eigenvalue weighted by molar-refractivity contribution is 0.292. The summed E-state index contributed by atoms with van der Waals surface area (Å²) in [5.74, 6) is -0.394. The minimum atomic E-state index is -0.604. The van der Waals surface area contributed by atoms with Gasteiger partial charge >= 0.3 is 6.01 Å². The highest BCUT2D eigenvalue weighted by Gasteiger charge is 2.35. The van der Waals surface area contributed by atoms with Gasteiger partial charge in [-0.2, -0.15) is 9.97 Å². The Labute approximate surface area is 254 Å². The number of benzene rings is 2. The van der Waals surface area contributed by atoms with Gasteiger partial charge < -0.3 is 20.3 Å². The van der Waals surface area contributed by atoms with Crippen LogP contribution in [0.25, 0.3) is 32.9 Å². The maximum Gasteiger partial charge on any atom is 0.318 e. The molecule has 5 atom stereocenters. The number of rotatable bonds is 4. The van der Waals surface area contributed by atoms with Gasteiger partial charge in [0.2, 0.25) is 0 Å². The third kappa shape index (κ3) is 5.04. The molecule has 0 radical (unpaired) electrons. The highest BCUT2D eigenvalue weighted by Crippen LogP contribution is 2.39. The molecule has 0 spiro atoms. The van der Waals surface area contributed by atoms with Crippen LogP contribution >= 0.6 is 0 Å². The Balaban J connectivity index is 0.000000274. The van der Waals surface area contributed by atoms with Crippen molar-refractivity contribution >= 4 is 27.5 Å². The Kier molecular flexibility index (Phi) is 7.07. The lowest BCUT2D eigenvalue weighted by atomic mass is 9.96. The molecule has 0 saturated carbocycles. The number of methoxy groups -OCH3 is 1. The van der Waals surface area contributed by atoms with Crippen LogP contribution in [-0.2, 0) is 0 Å². The number of hydrogen-bond donors (Lipinski definition) is 2. The van der Waals surface area contributed by atoms with Gasteiger partial charge in [0.15, 0.2) is 5.82 Å². The number of hydrogen-bond acceptors (Lipinski definition) is 8. The molecule has 5 fully saturated rings. The third-order valence-corrected chi connectivity index (χ3v) is 9.82. The van der Waals surface area contributed by atoms with Crippen molar-refractivity contribution in [2.75, 3.05) is 44.7 Å². The predicted octanol–water partition coefficient (Wildman–Crippen LogP) is 4.91. The third-order valence-electron chi connectivity index (χ3n) is 9.82. The molecule has 9 rings (SSSR count). The fraction of sp³-hybridized carbons (Fsp3) is 0.485.